The summed E-state index contributed by atoms with van der Waals surface area (Å²) in [6.45, 7) is 4.74. The van der Waals surface area contributed by atoms with Crippen LogP contribution >= 0.6 is 27.3 Å². The Bertz CT molecular complexity index is 512. The highest BCUT2D eigenvalue weighted by Crippen LogP contribution is 2.24. The van der Waals surface area contributed by atoms with Crippen LogP contribution in [0.25, 0.3) is 0 Å². The fourth-order valence-corrected chi connectivity index (χ4v) is 3.33. The molecule has 18 heavy (non-hydrogen) atoms. The first-order valence-corrected chi connectivity index (χ1v) is 7.55. The lowest BCUT2D eigenvalue weighted by Gasteiger charge is -2.20. The van der Waals surface area contributed by atoms with E-state index in [9.17, 15) is 4.39 Å². The van der Waals surface area contributed by atoms with Crippen molar-refractivity contribution in [2.45, 2.75) is 20.0 Å². The number of halogens is 2. The molecule has 1 aromatic heterocycles. The molecule has 0 amide bonds. The molecular weight excluding hydrogens is 313 g/mol. The molecule has 0 aliphatic heterocycles. The summed E-state index contributed by atoms with van der Waals surface area (Å²) in [4.78, 5) is 3.61. The van der Waals surface area contributed by atoms with Crippen LogP contribution in [0.2, 0.25) is 0 Å². The molecule has 96 valence electrons. The second-order valence-corrected chi connectivity index (χ2v) is 5.98. The molecule has 0 saturated heterocycles. The second-order valence-electron chi connectivity index (χ2n) is 4.12. The van der Waals surface area contributed by atoms with Gasteiger partial charge in [0.25, 0.3) is 0 Å². The lowest BCUT2D eigenvalue weighted by atomic mass is 10.2. The maximum atomic E-state index is 13.1. The van der Waals surface area contributed by atoms with Crippen molar-refractivity contribution in [2.75, 3.05) is 6.54 Å². The summed E-state index contributed by atoms with van der Waals surface area (Å²) in [5.41, 5.74) is 1.02. The van der Waals surface area contributed by atoms with Crippen molar-refractivity contribution in [1.82, 2.24) is 4.90 Å². The zero-order valence-corrected chi connectivity index (χ0v) is 12.6. The SMILES string of the molecule is CCN(Cc1cccc(F)c1)Cc1sccc1Br. The van der Waals surface area contributed by atoms with E-state index in [1.165, 1.54) is 10.9 Å². The third-order valence-corrected chi connectivity index (χ3v) is 4.71. The molecule has 0 aliphatic rings. The van der Waals surface area contributed by atoms with Gasteiger partial charge in [-0.1, -0.05) is 19.1 Å². The van der Waals surface area contributed by atoms with Crippen molar-refractivity contribution in [3.05, 3.63) is 56.4 Å². The lowest BCUT2D eigenvalue weighted by Crippen LogP contribution is -2.22. The molecule has 0 radical (unpaired) electrons. The van der Waals surface area contributed by atoms with E-state index in [-0.39, 0.29) is 5.82 Å². The van der Waals surface area contributed by atoms with Crippen molar-refractivity contribution < 1.29 is 4.39 Å². The summed E-state index contributed by atoms with van der Waals surface area (Å²) in [5, 5.41) is 2.08. The number of hydrogen-bond acceptors (Lipinski definition) is 2. The van der Waals surface area contributed by atoms with Crippen molar-refractivity contribution in [1.29, 1.82) is 0 Å². The molecule has 0 unspecified atom stereocenters. The number of nitrogens with zero attached hydrogens (tertiary/aromatic N) is 1. The van der Waals surface area contributed by atoms with Gasteiger partial charge < -0.3 is 0 Å². The molecule has 0 saturated carbocycles. The van der Waals surface area contributed by atoms with Crippen LogP contribution in [0.1, 0.15) is 17.4 Å². The average molecular weight is 328 g/mol. The Morgan fingerprint density at radius 1 is 1.28 bits per heavy atom. The van der Waals surface area contributed by atoms with Crippen LogP contribution in [0, 0.1) is 5.82 Å². The summed E-state index contributed by atoms with van der Waals surface area (Å²) in [6.07, 6.45) is 0. The molecule has 0 bridgehead atoms. The highest BCUT2D eigenvalue weighted by Gasteiger charge is 2.09. The first-order chi connectivity index (χ1) is 8.69. The third-order valence-electron chi connectivity index (χ3n) is 2.80. The Labute approximate surface area is 119 Å². The minimum absolute atomic E-state index is 0.166. The van der Waals surface area contributed by atoms with E-state index in [4.69, 9.17) is 0 Å². The van der Waals surface area contributed by atoms with Gasteiger partial charge >= 0.3 is 0 Å². The molecule has 2 aromatic rings. The molecule has 0 aliphatic carbocycles. The Balaban J connectivity index is 2.04. The Kier molecular flexibility index (Phi) is 4.92. The van der Waals surface area contributed by atoms with Gasteiger partial charge in [0, 0.05) is 22.4 Å². The van der Waals surface area contributed by atoms with E-state index in [0.29, 0.717) is 0 Å². The fourth-order valence-electron chi connectivity index (χ4n) is 1.81. The topological polar surface area (TPSA) is 3.24 Å². The van der Waals surface area contributed by atoms with Crippen molar-refractivity contribution in [3.63, 3.8) is 0 Å². The van der Waals surface area contributed by atoms with Crippen molar-refractivity contribution in [2.24, 2.45) is 0 Å². The molecule has 0 N–H and O–H groups in total. The van der Waals surface area contributed by atoms with Gasteiger partial charge in [-0.2, -0.15) is 0 Å². The Hall–Kier alpha value is -0.710. The van der Waals surface area contributed by atoms with E-state index in [0.717, 1.165) is 29.7 Å². The average Bonchev–Trinajstić information content (AvgIpc) is 2.74. The zero-order valence-electron chi connectivity index (χ0n) is 10.2. The molecule has 1 aromatic carbocycles. The Morgan fingerprint density at radius 2 is 2.11 bits per heavy atom. The van der Waals surface area contributed by atoms with E-state index < -0.39 is 0 Å². The molecule has 2 rings (SSSR count). The fraction of sp³-hybridized carbons (Fsp3) is 0.286. The lowest BCUT2D eigenvalue weighted by molar-refractivity contribution is 0.273. The first kappa shape index (κ1) is 13.7. The standard InChI is InChI=1S/C14H15BrFNS/c1-2-17(10-14-13(15)6-7-18-14)9-11-4-3-5-12(16)8-11/h3-8H,2,9-10H2,1H3. The quantitative estimate of drug-likeness (QED) is 0.771. The third kappa shape index (κ3) is 3.64. The first-order valence-electron chi connectivity index (χ1n) is 5.87. The summed E-state index contributed by atoms with van der Waals surface area (Å²) in [5.74, 6) is -0.166. The summed E-state index contributed by atoms with van der Waals surface area (Å²) < 4.78 is 14.3. The highest BCUT2D eigenvalue weighted by atomic mass is 79.9. The monoisotopic (exact) mass is 327 g/mol. The number of thiophene rings is 1. The number of hydrogen-bond donors (Lipinski definition) is 0. The normalized spacial score (nSPS) is 11.1. The van der Waals surface area contributed by atoms with E-state index in [2.05, 4.69) is 39.2 Å². The second kappa shape index (κ2) is 6.45. The van der Waals surface area contributed by atoms with Crippen LogP contribution in [0.15, 0.2) is 40.2 Å². The van der Waals surface area contributed by atoms with Gasteiger partial charge in [-0.3, -0.25) is 4.90 Å². The van der Waals surface area contributed by atoms with Gasteiger partial charge in [0.15, 0.2) is 0 Å². The van der Waals surface area contributed by atoms with Gasteiger partial charge in [0.05, 0.1) is 0 Å². The van der Waals surface area contributed by atoms with Crippen LogP contribution < -0.4 is 0 Å². The van der Waals surface area contributed by atoms with Crippen LogP contribution in [-0.4, -0.2) is 11.4 Å². The van der Waals surface area contributed by atoms with E-state index in [1.807, 2.05) is 6.07 Å². The summed E-state index contributed by atoms with van der Waals surface area (Å²) in [6, 6.07) is 8.88. The van der Waals surface area contributed by atoms with Crippen LogP contribution in [0.5, 0.6) is 0 Å². The molecule has 1 heterocycles. The summed E-state index contributed by atoms with van der Waals surface area (Å²) in [7, 11) is 0. The molecule has 4 heteroatoms. The van der Waals surface area contributed by atoms with E-state index >= 15 is 0 Å². The molecule has 1 nitrogen and oxygen atoms in total. The van der Waals surface area contributed by atoms with Gasteiger partial charge in [0.2, 0.25) is 0 Å². The number of rotatable bonds is 5. The minimum atomic E-state index is -0.166. The molecule has 0 atom stereocenters. The van der Waals surface area contributed by atoms with Gasteiger partial charge in [-0.05, 0) is 51.6 Å². The van der Waals surface area contributed by atoms with Gasteiger partial charge in [0.1, 0.15) is 5.82 Å². The number of benzene rings is 1. The minimum Gasteiger partial charge on any atom is -0.294 e. The van der Waals surface area contributed by atoms with Crippen molar-refractivity contribution in [3.8, 4) is 0 Å². The zero-order chi connectivity index (χ0) is 13.0. The molecule has 0 spiro atoms. The predicted molar refractivity (Wildman–Crippen MR) is 78.2 cm³/mol. The van der Waals surface area contributed by atoms with Crippen molar-refractivity contribution >= 4 is 27.3 Å². The molecule has 0 fully saturated rings. The van der Waals surface area contributed by atoms with Crippen LogP contribution in [-0.2, 0) is 13.1 Å². The largest absolute Gasteiger partial charge is 0.294 e. The predicted octanol–water partition coefficient (Wildman–Crippen LogP) is 4.67. The van der Waals surface area contributed by atoms with Crippen LogP contribution in [0.3, 0.4) is 0 Å². The Morgan fingerprint density at radius 3 is 2.72 bits per heavy atom. The highest BCUT2D eigenvalue weighted by molar-refractivity contribution is 9.10. The maximum Gasteiger partial charge on any atom is 0.123 e. The van der Waals surface area contributed by atoms with E-state index in [1.54, 1.807) is 23.5 Å². The summed E-state index contributed by atoms with van der Waals surface area (Å²) >= 11 is 5.29. The van der Waals surface area contributed by atoms with Gasteiger partial charge in [-0.25, -0.2) is 4.39 Å². The molecular formula is C14H15BrFNS. The van der Waals surface area contributed by atoms with Gasteiger partial charge in [-0.15, -0.1) is 11.3 Å². The smallest absolute Gasteiger partial charge is 0.123 e. The maximum absolute atomic E-state index is 13.1. The van der Waals surface area contributed by atoms with Crippen LogP contribution in [0.4, 0.5) is 4.39 Å².